The molecular formula is C12H17N. The van der Waals surface area contributed by atoms with E-state index in [1.165, 1.54) is 49.9 Å². The molecule has 1 heteroatoms. The average molecular weight is 175 g/mol. The maximum atomic E-state index is 3.28. The molecule has 2 aliphatic rings. The molecule has 0 saturated carbocycles. The first kappa shape index (κ1) is 8.76. The van der Waals surface area contributed by atoms with E-state index in [4.69, 9.17) is 0 Å². The highest BCUT2D eigenvalue weighted by Gasteiger charge is 2.12. The van der Waals surface area contributed by atoms with E-state index in [0.29, 0.717) is 0 Å². The molecule has 1 aromatic rings. The van der Waals surface area contributed by atoms with Gasteiger partial charge in [0.05, 0.1) is 0 Å². The molecule has 1 fully saturated rings. The van der Waals surface area contributed by atoms with Crippen molar-refractivity contribution in [3.05, 3.63) is 35.4 Å². The normalized spacial score (nSPS) is 18.2. The topological polar surface area (TPSA) is 12.0 Å². The molecule has 0 radical (unpaired) electrons. The van der Waals surface area contributed by atoms with E-state index in [9.17, 15) is 0 Å². The fraction of sp³-hybridized carbons (Fsp3) is 0.500. The summed E-state index contributed by atoms with van der Waals surface area (Å²) in [5.74, 6) is 0. The Hall–Kier alpha value is -0.820. The Morgan fingerprint density at radius 3 is 1.77 bits per heavy atom. The molecule has 1 heterocycles. The lowest BCUT2D eigenvalue weighted by Gasteiger charge is -2.08. The third kappa shape index (κ3) is 2.85. The second-order valence-corrected chi connectivity index (χ2v) is 3.76. The summed E-state index contributed by atoms with van der Waals surface area (Å²) in [6.07, 6.45) is 5.46. The summed E-state index contributed by atoms with van der Waals surface area (Å²) < 4.78 is 0. The molecule has 0 spiro atoms. The molecule has 1 aliphatic heterocycles. The molecule has 1 nitrogen and oxygen atoms in total. The highest BCUT2D eigenvalue weighted by atomic mass is 14.9. The molecule has 0 amide bonds. The molecule has 13 heavy (non-hydrogen) atoms. The minimum Gasteiger partial charge on any atom is -0.317 e. The standard InChI is InChI=1S/C7H6.C5H11N/c1-2-4-7-5-6(7)3-1;1-2-4-6-5-3-1/h1-4H,5H2;6H,1-5H2. The Labute approximate surface area is 80.2 Å². The van der Waals surface area contributed by atoms with Crippen LogP contribution < -0.4 is 5.32 Å². The van der Waals surface area contributed by atoms with Crippen molar-refractivity contribution in [2.45, 2.75) is 25.7 Å². The van der Waals surface area contributed by atoms with E-state index >= 15 is 0 Å². The van der Waals surface area contributed by atoms with Gasteiger partial charge in [-0.3, -0.25) is 0 Å². The quantitative estimate of drug-likeness (QED) is 0.648. The highest BCUT2D eigenvalue weighted by molar-refractivity contribution is 5.44. The molecule has 3 rings (SSSR count). The molecule has 0 aromatic heterocycles. The van der Waals surface area contributed by atoms with Crippen LogP contribution in [-0.4, -0.2) is 13.1 Å². The summed E-state index contributed by atoms with van der Waals surface area (Å²) >= 11 is 0. The van der Waals surface area contributed by atoms with E-state index < -0.39 is 0 Å². The molecule has 0 bridgehead atoms. The van der Waals surface area contributed by atoms with Crippen LogP contribution in [0.3, 0.4) is 0 Å². The van der Waals surface area contributed by atoms with Gasteiger partial charge in [-0.1, -0.05) is 30.7 Å². The predicted octanol–water partition coefficient (Wildman–Crippen LogP) is 2.35. The molecule has 1 saturated heterocycles. The SMILES string of the molecule is C1CCNCC1.c1ccc2c(c1)C2. The van der Waals surface area contributed by atoms with Crippen molar-refractivity contribution in [2.24, 2.45) is 0 Å². The zero-order valence-corrected chi connectivity index (χ0v) is 8.05. The van der Waals surface area contributed by atoms with Crippen molar-refractivity contribution in [3.8, 4) is 0 Å². The van der Waals surface area contributed by atoms with Gasteiger partial charge in [-0.05, 0) is 43.5 Å². The zero-order chi connectivity index (χ0) is 8.93. The first-order chi connectivity index (χ1) is 6.47. The van der Waals surface area contributed by atoms with E-state index in [1.807, 2.05) is 0 Å². The second-order valence-electron chi connectivity index (χ2n) is 3.76. The first-order valence-electron chi connectivity index (χ1n) is 5.24. The second kappa shape index (κ2) is 4.43. The first-order valence-corrected chi connectivity index (χ1v) is 5.24. The molecule has 1 aromatic carbocycles. The van der Waals surface area contributed by atoms with Gasteiger partial charge in [-0.15, -0.1) is 0 Å². The fourth-order valence-corrected chi connectivity index (χ4v) is 1.64. The summed E-state index contributed by atoms with van der Waals surface area (Å²) in [7, 11) is 0. The molecule has 0 unspecified atom stereocenters. The summed E-state index contributed by atoms with van der Waals surface area (Å²) in [6, 6.07) is 8.53. The maximum Gasteiger partial charge on any atom is -0.00201 e. The van der Waals surface area contributed by atoms with Crippen LogP contribution in [0.2, 0.25) is 0 Å². The van der Waals surface area contributed by atoms with Crippen LogP contribution in [-0.2, 0) is 6.42 Å². The van der Waals surface area contributed by atoms with E-state index in [-0.39, 0.29) is 0 Å². The zero-order valence-electron chi connectivity index (χ0n) is 8.05. The number of hydrogen-bond acceptors (Lipinski definition) is 1. The van der Waals surface area contributed by atoms with Crippen LogP contribution in [0.4, 0.5) is 0 Å². The van der Waals surface area contributed by atoms with Gasteiger partial charge in [0.2, 0.25) is 0 Å². The van der Waals surface area contributed by atoms with E-state index in [1.54, 1.807) is 0 Å². The van der Waals surface area contributed by atoms with Crippen LogP contribution in [0, 0.1) is 0 Å². The average Bonchev–Trinajstić information content (AvgIpc) is 3.00. The summed E-state index contributed by atoms with van der Waals surface area (Å²) in [4.78, 5) is 0. The predicted molar refractivity (Wildman–Crippen MR) is 56.0 cm³/mol. The Bertz CT molecular complexity index is 231. The molecule has 0 atom stereocenters. The highest BCUT2D eigenvalue weighted by Crippen LogP contribution is 2.25. The van der Waals surface area contributed by atoms with Crippen LogP contribution >= 0.6 is 0 Å². The van der Waals surface area contributed by atoms with Crippen molar-refractivity contribution in [1.82, 2.24) is 5.32 Å². The number of hydrogen-bond donors (Lipinski definition) is 1. The minimum atomic E-state index is 1.24. The van der Waals surface area contributed by atoms with Gasteiger partial charge < -0.3 is 5.32 Å². The van der Waals surface area contributed by atoms with E-state index in [0.717, 1.165) is 0 Å². The van der Waals surface area contributed by atoms with Crippen LogP contribution in [0.1, 0.15) is 30.4 Å². The van der Waals surface area contributed by atoms with Crippen molar-refractivity contribution in [2.75, 3.05) is 13.1 Å². The molecule has 1 aliphatic carbocycles. The summed E-state index contributed by atoms with van der Waals surface area (Å²) in [5, 5.41) is 3.28. The largest absolute Gasteiger partial charge is 0.317 e. The van der Waals surface area contributed by atoms with Gasteiger partial charge in [0.15, 0.2) is 0 Å². The van der Waals surface area contributed by atoms with Gasteiger partial charge >= 0.3 is 0 Å². The van der Waals surface area contributed by atoms with Gasteiger partial charge in [-0.2, -0.15) is 0 Å². The van der Waals surface area contributed by atoms with Gasteiger partial charge in [0.25, 0.3) is 0 Å². The van der Waals surface area contributed by atoms with E-state index in [2.05, 4.69) is 29.6 Å². The summed E-state index contributed by atoms with van der Waals surface area (Å²) in [5.41, 5.74) is 3.06. The van der Waals surface area contributed by atoms with Crippen molar-refractivity contribution < 1.29 is 0 Å². The van der Waals surface area contributed by atoms with Crippen molar-refractivity contribution in [1.29, 1.82) is 0 Å². The fourth-order valence-electron chi connectivity index (χ4n) is 1.64. The molecule has 70 valence electrons. The Morgan fingerprint density at radius 2 is 1.46 bits per heavy atom. The third-order valence-corrected chi connectivity index (χ3v) is 2.58. The number of fused-ring (bicyclic) bond motifs is 1. The number of rotatable bonds is 0. The number of nitrogens with one attached hydrogen (secondary N) is 1. The smallest absolute Gasteiger partial charge is 0.00201 e. The molecule has 1 N–H and O–H groups in total. The third-order valence-electron chi connectivity index (χ3n) is 2.58. The van der Waals surface area contributed by atoms with Crippen molar-refractivity contribution >= 4 is 0 Å². The van der Waals surface area contributed by atoms with Crippen LogP contribution in [0.25, 0.3) is 0 Å². The lowest BCUT2D eigenvalue weighted by Crippen LogP contribution is -2.21. The lowest BCUT2D eigenvalue weighted by molar-refractivity contribution is 0.520. The van der Waals surface area contributed by atoms with Gasteiger partial charge in [0.1, 0.15) is 0 Å². The monoisotopic (exact) mass is 175 g/mol. The van der Waals surface area contributed by atoms with Crippen LogP contribution in [0.15, 0.2) is 24.3 Å². The van der Waals surface area contributed by atoms with Gasteiger partial charge in [-0.25, -0.2) is 0 Å². The van der Waals surface area contributed by atoms with Crippen LogP contribution in [0.5, 0.6) is 0 Å². The minimum absolute atomic E-state index is 1.24. The Morgan fingerprint density at radius 1 is 0.846 bits per heavy atom. The molecular weight excluding hydrogens is 158 g/mol. The lowest BCUT2D eigenvalue weighted by atomic mass is 10.2. The maximum absolute atomic E-state index is 3.28. The van der Waals surface area contributed by atoms with Crippen molar-refractivity contribution in [3.63, 3.8) is 0 Å². The van der Waals surface area contributed by atoms with Gasteiger partial charge in [0, 0.05) is 0 Å². The Balaban J connectivity index is 0.000000102. The summed E-state index contributed by atoms with van der Waals surface area (Å²) in [6.45, 7) is 2.50. The Kier molecular flexibility index (Phi) is 2.98. The number of piperidine rings is 1. The number of benzene rings is 1.